The fourth-order valence-corrected chi connectivity index (χ4v) is 5.40. The first-order valence-electron chi connectivity index (χ1n) is 10.9. The van der Waals surface area contributed by atoms with E-state index in [0.717, 1.165) is 69.8 Å². The lowest BCUT2D eigenvalue weighted by atomic mass is 10.1. The number of thiazole rings is 1. The second kappa shape index (κ2) is 10.1. The van der Waals surface area contributed by atoms with Crippen molar-refractivity contribution in [1.29, 1.82) is 0 Å². The number of piperazine rings is 1. The topological polar surface area (TPSA) is 65.9 Å². The quantitative estimate of drug-likeness (QED) is 0.503. The van der Waals surface area contributed by atoms with E-state index in [4.69, 9.17) is 26.4 Å². The van der Waals surface area contributed by atoms with Crippen LogP contribution in [0.25, 0.3) is 10.2 Å². The summed E-state index contributed by atoms with van der Waals surface area (Å²) >= 11 is 7.83. The number of fused-ring (bicyclic) bond motifs is 1. The Balaban J connectivity index is 1.35. The number of halogens is 1. The number of carbonyl (C=O) groups is 1. The number of rotatable bonds is 8. The van der Waals surface area contributed by atoms with Crippen LogP contribution in [0, 0.1) is 6.92 Å². The van der Waals surface area contributed by atoms with Crippen LogP contribution in [-0.2, 0) is 11.2 Å². The molecule has 8 heteroatoms. The molecule has 0 spiro atoms. The lowest BCUT2D eigenvalue weighted by Crippen LogP contribution is -2.54. The SMILES string of the molecule is CC[C@H]1CN(c2nc3ccc(Cl)cc3s2)CCN1CCOc1cc(CC(=O)O)ccc1C. The van der Waals surface area contributed by atoms with Gasteiger partial charge in [0, 0.05) is 37.2 Å². The summed E-state index contributed by atoms with van der Waals surface area (Å²) in [7, 11) is 0. The molecule has 170 valence electrons. The summed E-state index contributed by atoms with van der Waals surface area (Å²) in [4.78, 5) is 20.7. The third-order valence-electron chi connectivity index (χ3n) is 5.93. The van der Waals surface area contributed by atoms with Crippen molar-refractivity contribution in [2.75, 3.05) is 37.7 Å². The Labute approximate surface area is 197 Å². The molecule has 1 atom stereocenters. The van der Waals surface area contributed by atoms with E-state index in [-0.39, 0.29) is 6.42 Å². The van der Waals surface area contributed by atoms with Crippen LogP contribution in [0.3, 0.4) is 0 Å². The smallest absolute Gasteiger partial charge is 0.307 e. The van der Waals surface area contributed by atoms with Crippen molar-refractivity contribution in [2.45, 2.75) is 32.7 Å². The molecule has 1 aromatic heterocycles. The van der Waals surface area contributed by atoms with Gasteiger partial charge in [-0.05, 0) is 48.7 Å². The second-order valence-corrected chi connectivity index (χ2v) is 9.62. The number of aryl methyl sites for hydroxylation is 1. The lowest BCUT2D eigenvalue weighted by molar-refractivity contribution is -0.136. The van der Waals surface area contributed by atoms with Gasteiger partial charge in [0.05, 0.1) is 16.6 Å². The number of aliphatic carboxylic acids is 1. The third kappa shape index (κ3) is 5.34. The van der Waals surface area contributed by atoms with Gasteiger partial charge in [-0.2, -0.15) is 0 Å². The van der Waals surface area contributed by atoms with Gasteiger partial charge in [0.2, 0.25) is 0 Å². The lowest BCUT2D eigenvalue weighted by Gasteiger charge is -2.41. The summed E-state index contributed by atoms with van der Waals surface area (Å²) in [5, 5.41) is 10.8. The van der Waals surface area contributed by atoms with E-state index >= 15 is 0 Å². The first-order chi connectivity index (χ1) is 15.4. The molecule has 6 nitrogen and oxygen atoms in total. The van der Waals surface area contributed by atoms with Crippen LogP contribution in [0.2, 0.25) is 5.02 Å². The molecule has 1 fully saturated rings. The Kier molecular flexibility index (Phi) is 7.18. The van der Waals surface area contributed by atoms with E-state index in [2.05, 4.69) is 16.7 Å². The van der Waals surface area contributed by atoms with E-state index < -0.39 is 5.97 Å². The highest BCUT2D eigenvalue weighted by Gasteiger charge is 2.27. The fraction of sp³-hybridized carbons (Fsp3) is 0.417. The van der Waals surface area contributed by atoms with Crippen molar-refractivity contribution < 1.29 is 14.6 Å². The molecule has 1 aliphatic rings. The van der Waals surface area contributed by atoms with Crippen LogP contribution in [-0.4, -0.2) is 59.8 Å². The van der Waals surface area contributed by atoms with Crippen LogP contribution in [0.15, 0.2) is 36.4 Å². The Morgan fingerprint density at radius 2 is 2.12 bits per heavy atom. The number of benzene rings is 2. The molecule has 32 heavy (non-hydrogen) atoms. The van der Waals surface area contributed by atoms with Crippen LogP contribution < -0.4 is 9.64 Å². The maximum absolute atomic E-state index is 11.0. The molecular formula is C24H28ClN3O3S. The molecule has 0 radical (unpaired) electrons. The highest BCUT2D eigenvalue weighted by molar-refractivity contribution is 7.22. The van der Waals surface area contributed by atoms with E-state index in [1.165, 1.54) is 0 Å². The number of aromatic nitrogens is 1. The Morgan fingerprint density at radius 1 is 1.28 bits per heavy atom. The van der Waals surface area contributed by atoms with Crippen molar-refractivity contribution in [3.8, 4) is 5.75 Å². The highest BCUT2D eigenvalue weighted by Crippen LogP contribution is 2.32. The summed E-state index contributed by atoms with van der Waals surface area (Å²) in [5.74, 6) is -0.0664. The number of hydrogen-bond donors (Lipinski definition) is 1. The molecule has 0 saturated carbocycles. The molecule has 4 rings (SSSR count). The predicted molar refractivity (Wildman–Crippen MR) is 131 cm³/mol. The van der Waals surface area contributed by atoms with Gasteiger partial charge in [0.25, 0.3) is 0 Å². The summed E-state index contributed by atoms with van der Waals surface area (Å²) in [5.41, 5.74) is 2.78. The van der Waals surface area contributed by atoms with Crippen molar-refractivity contribution in [3.63, 3.8) is 0 Å². The fourth-order valence-electron chi connectivity index (χ4n) is 4.13. The Bertz CT molecular complexity index is 1100. The maximum atomic E-state index is 11.0. The summed E-state index contributed by atoms with van der Waals surface area (Å²) in [6.45, 7) is 8.45. The molecule has 0 aliphatic carbocycles. The average Bonchev–Trinajstić information content (AvgIpc) is 3.19. The van der Waals surface area contributed by atoms with Crippen molar-refractivity contribution >= 4 is 44.3 Å². The van der Waals surface area contributed by atoms with Crippen LogP contribution in [0.5, 0.6) is 5.75 Å². The van der Waals surface area contributed by atoms with Crippen molar-refractivity contribution in [2.24, 2.45) is 0 Å². The molecule has 0 amide bonds. The van der Waals surface area contributed by atoms with Crippen LogP contribution in [0.1, 0.15) is 24.5 Å². The highest BCUT2D eigenvalue weighted by atomic mass is 35.5. The number of anilines is 1. The summed E-state index contributed by atoms with van der Waals surface area (Å²) in [6.07, 6.45) is 1.06. The standard InChI is InChI=1S/C24H28ClN3O3S/c1-3-19-15-28(24-26-20-7-6-18(25)14-22(20)32-24)9-8-27(19)10-11-31-21-12-17(13-23(29)30)5-4-16(21)2/h4-7,12,14,19H,3,8-11,13,15H2,1-2H3,(H,29,30)/t19-/m0/s1. The predicted octanol–water partition coefficient (Wildman–Crippen LogP) is 4.86. The van der Waals surface area contributed by atoms with E-state index in [0.29, 0.717) is 12.6 Å². The van der Waals surface area contributed by atoms with Crippen molar-refractivity contribution in [1.82, 2.24) is 9.88 Å². The van der Waals surface area contributed by atoms with E-state index in [9.17, 15) is 4.79 Å². The zero-order chi connectivity index (χ0) is 22.7. The average molecular weight is 474 g/mol. The summed E-state index contributed by atoms with van der Waals surface area (Å²) in [6, 6.07) is 11.9. The van der Waals surface area contributed by atoms with Gasteiger partial charge in [-0.3, -0.25) is 9.69 Å². The van der Waals surface area contributed by atoms with E-state index in [1.54, 1.807) is 11.3 Å². The first kappa shape index (κ1) is 22.8. The monoisotopic (exact) mass is 473 g/mol. The molecule has 3 aromatic rings. The largest absolute Gasteiger partial charge is 0.492 e. The molecule has 2 aromatic carbocycles. The first-order valence-corrected chi connectivity index (χ1v) is 12.1. The van der Waals surface area contributed by atoms with Gasteiger partial charge in [-0.25, -0.2) is 4.98 Å². The molecule has 0 unspecified atom stereocenters. The summed E-state index contributed by atoms with van der Waals surface area (Å²) < 4.78 is 7.17. The molecule has 0 bridgehead atoms. The zero-order valence-electron chi connectivity index (χ0n) is 18.4. The number of nitrogens with zero attached hydrogens (tertiary/aromatic N) is 3. The zero-order valence-corrected chi connectivity index (χ0v) is 20.0. The molecule has 2 heterocycles. The Hall–Kier alpha value is -2.35. The van der Waals surface area contributed by atoms with Crippen LogP contribution >= 0.6 is 22.9 Å². The Morgan fingerprint density at radius 3 is 2.91 bits per heavy atom. The molecule has 1 saturated heterocycles. The van der Waals surface area contributed by atoms with Gasteiger partial charge in [-0.15, -0.1) is 0 Å². The molecular weight excluding hydrogens is 446 g/mol. The number of ether oxygens (including phenoxy) is 1. The van der Waals surface area contributed by atoms with Gasteiger partial charge < -0.3 is 14.7 Å². The minimum absolute atomic E-state index is 0.00841. The van der Waals surface area contributed by atoms with Gasteiger partial charge >= 0.3 is 5.97 Å². The normalized spacial score (nSPS) is 17.1. The number of carboxylic acid groups (broad SMARTS) is 1. The molecule has 1 aliphatic heterocycles. The van der Waals surface area contributed by atoms with Gasteiger partial charge in [0.1, 0.15) is 12.4 Å². The maximum Gasteiger partial charge on any atom is 0.307 e. The minimum Gasteiger partial charge on any atom is -0.492 e. The van der Waals surface area contributed by atoms with Gasteiger partial charge in [-0.1, -0.05) is 42.0 Å². The minimum atomic E-state index is -0.834. The van der Waals surface area contributed by atoms with Crippen molar-refractivity contribution in [3.05, 3.63) is 52.5 Å². The second-order valence-electron chi connectivity index (χ2n) is 8.17. The number of hydrogen-bond acceptors (Lipinski definition) is 6. The van der Waals surface area contributed by atoms with E-state index in [1.807, 2.05) is 43.3 Å². The number of carboxylic acids is 1. The van der Waals surface area contributed by atoms with Crippen LogP contribution in [0.4, 0.5) is 5.13 Å². The third-order valence-corrected chi connectivity index (χ3v) is 7.24. The molecule has 1 N–H and O–H groups in total. The van der Waals surface area contributed by atoms with Gasteiger partial charge in [0.15, 0.2) is 5.13 Å².